The fourth-order valence-corrected chi connectivity index (χ4v) is 3.03. The molecule has 0 spiro atoms. The zero-order valence-corrected chi connectivity index (χ0v) is 13.7. The fourth-order valence-electron chi connectivity index (χ4n) is 2.58. The molecular weight excluding hydrogens is 250 g/mol. The Morgan fingerprint density at radius 1 is 1.00 bits per heavy atom. The van der Waals surface area contributed by atoms with Crippen LogP contribution >= 0.6 is 12.6 Å². The van der Waals surface area contributed by atoms with Gasteiger partial charge in [0.15, 0.2) is 0 Å². The Morgan fingerprint density at radius 2 is 1.44 bits per heavy atom. The van der Waals surface area contributed by atoms with Gasteiger partial charge in [0.25, 0.3) is 0 Å². The lowest BCUT2D eigenvalue weighted by molar-refractivity contribution is 0.0409. The van der Waals surface area contributed by atoms with Crippen LogP contribution in [0.5, 0.6) is 0 Å². The molecule has 0 aromatic rings. The van der Waals surface area contributed by atoms with E-state index in [1.807, 2.05) is 20.8 Å². The van der Waals surface area contributed by atoms with Crippen LogP contribution in [0.25, 0.3) is 0 Å². The Balaban J connectivity index is 0. The molecule has 1 atom stereocenters. The molecule has 112 valence electrons. The summed E-state index contributed by atoms with van der Waals surface area (Å²) < 4.78 is 25.6. The second-order valence-corrected chi connectivity index (χ2v) is 5.18. The van der Waals surface area contributed by atoms with Crippen LogP contribution in [0.2, 0.25) is 0 Å². The van der Waals surface area contributed by atoms with Crippen LogP contribution in [0, 0.1) is 11.3 Å². The second-order valence-electron chi connectivity index (χ2n) is 4.87. The molecular formula is C15H32F2S. The van der Waals surface area contributed by atoms with Crippen molar-refractivity contribution in [1.29, 1.82) is 0 Å². The molecule has 0 saturated heterocycles. The van der Waals surface area contributed by atoms with Crippen molar-refractivity contribution in [2.75, 3.05) is 5.75 Å². The summed E-state index contributed by atoms with van der Waals surface area (Å²) >= 11 is 4.41. The van der Waals surface area contributed by atoms with Crippen molar-refractivity contribution < 1.29 is 8.78 Å². The third-order valence-corrected chi connectivity index (χ3v) is 4.14. The van der Waals surface area contributed by atoms with Crippen LogP contribution in [0.1, 0.15) is 73.1 Å². The van der Waals surface area contributed by atoms with Gasteiger partial charge in [-0.2, -0.15) is 12.6 Å². The van der Waals surface area contributed by atoms with Crippen molar-refractivity contribution in [1.82, 2.24) is 0 Å². The number of hydrogen-bond acceptors (Lipinski definition) is 1. The van der Waals surface area contributed by atoms with Gasteiger partial charge in [0.05, 0.1) is 0 Å². The number of rotatable bonds is 9. The highest BCUT2D eigenvalue weighted by Crippen LogP contribution is 2.40. The molecule has 3 heteroatoms. The summed E-state index contributed by atoms with van der Waals surface area (Å²) in [6.45, 7) is 10.1. The zero-order chi connectivity index (χ0) is 14.6. The maximum Gasteiger partial charge on any atom is 0.241 e. The van der Waals surface area contributed by atoms with Crippen molar-refractivity contribution in [3.63, 3.8) is 0 Å². The number of alkyl halides is 2. The average Bonchev–Trinajstić information content (AvgIpc) is 2.38. The van der Waals surface area contributed by atoms with Gasteiger partial charge >= 0.3 is 0 Å². The van der Waals surface area contributed by atoms with Gasteiger partial charge in [-0.15, -0.1) is 0 Å². The van der Waals surface area contributed by atoms with Gasteiger partial charge in [-0.05, 0) is 36.9 Å². The predicted octanol–water partition coefficient (Wildman–Crippen LogP) is 6.21. The maximum atomic E-state index is 12.8. The summed E-state index contributed by atoms with van der Waals surface area (Å²) in [6.07, 6.45) is 3.17. The molecule has 0 rings (SSSR count). The van der Waals surface area contributed by atoms with Crippen LogP contribution in [-0.2, 0) is 0 Å². The summed E-state index contributed by atoms with van der Waals surface area (Å²) in [6, 6.07) is 0. The van der Waals surface area contributed by atoms with Crippen LogP contribution < -0.4 is 0 Å². The third-order valence-electron chi connectivity index (χ3n) is 3.47. The molecule has 0 nitrogen and oxygen atoms in total. The van der Waals surface area contributed by atoms with Crippen molar-refractivity contribution >= 4 is 12.6 Å². The molecule has 0 saturated carbocycles. The van der Waals surface area contributed by atoms with Crippen molar-refractivity contribution in [3.8, 4) is 0 Å². The SMILES string of the molecule is CC.CCCC(CS)(CCC)CC(CC)C(F)F. The van der Waals surface area contributed by atoms with E-state index in [0.717, 1.165) is 31.4 Å². The molecule has 18 heavy (non-hydrogen) atoms. The van der Waals surface area contributed by atoms with E-state index >= 15 is 0 Å². The van der Waals surface area contributed by atoms with Gasteiger partial charge in [-0.3, -0.25) is 0 Å². The first kappa shape index (κ1) is 20.5. The van der Waals surface area contributed by atoms with E-state index < -0.39 is 12.3 Å². The molecule has 0 bridgehead atoms. The standard InChI is InChI=1S/C13H26F2S.C2H6/c1-4-7-13(10-16,8-5-2)9-11(6-3)12(14)15;1-2/h11-12,16H,4-10H2,1-3H3;1-2H3. The van der Waals surface area contributed by atoms with E-state index in [9.17, 15) is 8.78 Å². The highest BCUT2D eigenvalue weighted by Gasteiger charge is 2.33. The molecule has 0 radical (unpaired) electrons. The molecule has 1 unspecified atom stereocenters. The highest BCUT2D eigenvalue weighted by molar-refractivity contribution is 7.80. The Labute approximate surface area is 118 Å². The fraction of sp³-hybridized carbons (Fsp3) is 1.00. The first-order chi connectivity index (χ1) is 8.55. The molecule has 0 aliphatic carbocycles. The minimum atomic E-state index is -2.18. The molecule has 0 fully saturated rings. The van der Waals surface area contributed by atoms with E-state index in [1.165, 1.54) is 0 Å². The van der Waals surface area contributed by atoms with Crippen molar-refractivity contribution in [2.24, 2.45) is 11.3 Å². The first-order valence-electron chi connectivity index (χ1n) is 7.44. The quantitative estimate of drug-likeness (QED) is 0.477. The molecule has 0 N–H and O–H groups in total. The van der Waals surface area contributed by atoms with E-state index in [-0.39, 0.29) is 5.41 Å². The minimum Gasteiger partial charge on any atom is -0.210 e. The van der Waals surface area contributed by atoms with Crippen LogP contribution in [0.15, 0.2) is 0 Å². The predicted molar refractivity (Wildman–Crippen MR) is 81.9 cm³/mol. The molecule has 0 aromatic heterocycles. The van der Waals surface area contributed by atoms with Gasteiger partial charge in [0.1, 0.15) is 0 Å². The monoisotopic (exact) mass is 282 g/mol. The van der Waals surface area contributed by atoms with Gasteiger partial charge in [0, 0.05) is 5.92 Å². The zero-order valence-electron chi connectivity index (χ0n) is 12.8. The smallest absolute Gasteiger partial charge is 0.210 e. The highest BCUT2D eigenvalue weighted by atomic mass is 32.1. The van der Waals surface area contributed by atoms with E-state index in [1.54, 1.807) is 0 Å². The number of hydrogen-bond donors (Lipinski definition) is 1. The van der Waals surface area contributed by atoms with E-state index in [4.69, 9.17) is 0 Å². The average molecular weight is 282 g/mol. The minimum absolute atomic E-state index is 0.0315. The maximum absolute atomic E-state index is 12.8. The molecule has 0 aromatic carbocycles. The third kappa shape index (κ3) is 7.60. The topological polar surface area (TPSA) is 0 Å². The van der Waals surface area contributed by atoms with Gasteiger partial charge in [-0.25, -0.2) is 8.78 Å². The summed E-state index contributed by atoms with van der Waals surface area (Å²) in [5.41, 5.74) is 0.0315. The number of thiol groups is 1. The van der Waals surface area contributed by atoms with Crippen LogP contribution in [0.3, 0.4) is 0 Å². The van der Waals surface area contributed by atoms with Gasteiger partial charge in [-0.1, -0.05) is 47.5 Å². The van der Waals surface area contributed by atoms with Crippen molar-refractivity contribution in [3.05, 3.63) is 0 Å². The summed E-state index contributed by atoms with van der Waals surface area (Å²) in [5.74, 6) is 0.281. The lowest BCUT2D eigenvalue weighted by atomic mass is 9.73. The summed E-state index contributed by atoms with van der Waals surface area (Å²) in [4.78, 5) is 0. The Hall–Kier alpha value is 0.210. The normalized spacial score (nSPS) is 13.2. The lowest BCUT2D eigenvalue weighted by Crippen LogP contribution is -2.28. The largest absolute Gasteiger partial charge is 0.241 e. The Kier molecular flexibility index (Phi) is 14.0. The first-order valence-corrected chi connectivity index (χ1v) is 8.07. The molecule has 0 aliphatic rings. The second kappa shape index (κ2) is 12.3. The van der Waals surface area contributed by atoms with E-state index in [0.29, 0.717) is 12.8 Å². The summed E-state index contributed by atoms with van der Waals surface area (Å²) in [5, 5.41) is 0. The Bertz CT molecular complexity index is 166. The summed E-state index contributed by atoms with van der Waals surface area (Å²) in [7, 11) is 0. The van der Waals surface area contributed by atoms with Crippen LogP contribution in [-0.4, -0.2) is 12.2 Å². The number of halogens is 2. The molecule has 0 amide bonds. The van der Waals surface area contributed by atoms with Crippen molar-refractivity contribution in [2.45, 2.75) is 79.6 Å². The van der Waals surface area contributed by atoms with E-state index in [2.05, 4.69) is 26.5 Å². The molecule has 0 heterocycles. The lowest BCUT2D eigenvalue weighted by Gasteiger charge is -2.35. The van der Waals surface area contributed by atoms with Crippen LogP contribution in [0.4, 0.5) is 8.78 Å². The molecule has 0 aliphatic heterocycles. The van der Waals surface area contributed by atoms with Gasteiger partial charge < -0.3 is 0 Å². The van der Waals surface area contributed by atoms with Gasteiger partial charge in [0.2, 0.25) is 6.43 Å². The Morgan fingerprint density at radius 3 is 1.67 bits per heavy atom.